The highest BCUT2D eigenvalue weighted by atomic mass is 15.3. The number of nitrogens with two attached hydrogens (primary N) is 1. The van der Waals surface area contributed by atoms with E-state index in [1.807, 2.05) is 6.92 Å². The van der Waals surface area contributed by atoms with Crippen molar-refractivity contribution < 1.29 is 0 Å². The van der Waals surface area contributed by atoms with Crippen LogP contribution in [0.3, 0.4) is 0 Å². The third-order valence-corrected chi connectivity index (χ3v) is 3.41. The fourth-order valence-corrected chi connectivity index (χ4v) is 2.17. The Balaban J connectivity index is 2.27. The normalized spacial score (nSPS) is 24.7. The molecule has 0 aliphatic carbocycles. The lowest BCUT2D eigenvalue weighted by atomic mass is 10.1. The van der Waals surface area contributed by atoms with Crippen LogP contribution in [0.5, 0.6) is 0 Å². The molecule has 0 saturated carbocycles. The van der Waals surface area contributed by atoms with Crippen molar-refractivity contribution in [3.8, 4) is 0 Å². The van der Waals surface area contributed by atoms with E-state index in [4.69, 9.17) is 5.73 Å². The molecule has 2 atom stereocenters. The van der Waals surface area contributed by atoms with E-state index in [9.17, 15) is 0 Å². The van der Waals surface area contributed by atoms with Crippen LogP contribution in [0.15, 0.2) is 6.07 Å². The van der Waals surface area contributed by atoms with E-state index < -0.39 is 0 Å². The highest BCUT2D eigenvalue weighted by Crippen LogP contribution is 2.22. The maximum atomic E-state index is 6.04. The monoisotopic (exact) mass is 234 g/mol. The number of aromatic nitrogens is 2. The van der Waals surface area contributed by atoms with Gasteiger partial charge in [0.15, 0.2) is 0 Å². The van der Waals surface area contributed by atoms with Crippen molar-refractivity contribution in [3.63, 3.8) is 0 Å². The summed E-state index contributed by atoms with van der Waals surface area (Å²) >= 11 is 0. The summed E-state index contributed by atoms with van der Waals surface area (Å²) in [6.45, 7) is 10.3. The van der Waals surface area contributed by atoms with Gasteiger partial charge in [0, 0.05) is 30.5 Å². The van der Waals surface area contributed by atoms with Gasteiger partial charge in [0.05, 0.1) is 0 Å². The van der Waals surface area contributed by atoms with Gasteiger partial charge in [-0.15, -0.1) is 0 Å². The fourth-order valence-electron chi connectivity index (χ4n) is 2.17. The Hall–Kier alpha value is -1.16. The van der Waals surface area contributed by atoms with Gasteiger partial charge in [-0.05, 0) is 24.8 Å². The van der Waals surface area contributed by atoms with E-state index >= 15 is 0 Å². The van der Waals surface area contributed by atoms with Gasteiger partial charge in [0.2, 0.25) is 5.95 Å². The second-order valence-electron chi connectivity index (χ2n) is 5.44. The van der Waals surface area contributed by atoms with Gasteiger partial charge in [-0.25, -0.2) is 9.97 Å². The minimum Gasteiger partial charge on any atom is -0.339 e. The highest BCUT2D eigenvalue weighted by molar-refractivity contribution is 5.35. The van der Waals surface area contributed by atoms with Gasteiger partial charge in [0.25, 0.3) is 0 Å². The van der Waals surface area contributed by atoms with Gasteiger partial charge in [-0.1, -0.05) is 20.8 Å². The summed E-state index contributed by atoms with van der Waals surface area (Å²) in [6.07, 6.45) is 0. The van der Waals surface area contributed by atoms with Crippen LogP contribution in [0.1, 0.15) is 38.1 Å². The molecule has 0 spiro atoms. The van der Waals surface area contributed by atoms with Crippen LogP contribution in [0, 0.1) is 12.8 Å². The van der Waals surface area contributed by atoms with Crippen LogP contribution in [0.2, 0.25) is 0 Å². The first-order valence-corrected chi connectivity index (χ1v) is 6.33. The number of hydrogen-bond donors (Lipinski definition) is 1. The van der Waals surface area contributed by atoms with Crippen LogP contribution < -0.4 is 10.6 Å². The maximum absolute atomic E-state index is 6.04. The molecular weight excluding hydrogens is 212 g/mol. The summed E-state index contributed by atoms with van der Waals surface area (Å²) in [5.74, 6) is 1.79. The number of aryl methyl sites for hydroxylation is 1. The molecule has 94 valence electrons. The SMILES string of the molecule is Cc1cc(C(C)C)nc(N2CC(C)C(N)C2)n1. The fraction of sp³-hybridized carbons (Fsp3) is 0.692. The molecule has 4 nitrogen and oxygen atoms in total. The summed E-state index contributed by atoms with van der Waals surface area (Å²) in [5.41, 5.74) is 8.19. The Morgan fingerprint density at radius 2 is 2.06 bits per heavy atom. The molecule has 17 heavy (non-hydrogen) atoms. The first kappa shape index (κ1) is 12.3. The highest BCUT2D eigenvalue weighted by Gasteiger charge is 2.28. The molecule has 1 aliphatic rings. The zero-order valence-electron chi connectivity index (χ0n) is 11.1. The second kappa shape index (κ2) is 4.61. The summed E-state index contributed by atoms with van der Waals surface area (Å²) in [6, 6.07) is 2.30. The van der Waals surface area contributed by atoms with E-state index in [0.717, 1.165) is 30.4 Å². The first-order valence-electron chi connectivity index (χ1n) is 6.33. The summed E-state index contributed by atoms with van der Waals surface area (Å²) in [4.78, 5) is 11.4. The molecule has 2 heterocycles. The molecule has 1 aromatic rings. The Bertz CT molecular complexity index is 392. The lowest BCUT2D eigenvalue weighted by Gasteiger charge is -2.18. The maximum Gasteiger partial charge on any atom is 0.225 e. The Morgan fingerprint density at radius 1 is 1.35 bits per heavy atom. The Labute approximate surface area is 103 Å². The van der Waals surface area contributed by atoms with Crippen molar-refractivity contribution in [1.29, 1.82) is 0 Å². The predicted molar refractivity (Wildman–Crippen MR) is 70.2 cm³/mol. The molecule has 1 fully saturated rings. The van der Waals surface area contributed by atoms with Crippen molar-refractivity contribution in [2.75, 3.05) is 18.0 Å². The average molecular weight is 234 g/mol. The Morgan fingerprint density at radius 3 is 2.59 bits per heavy atom. The van der Waals surface area contributed by atoms with Crippen molar-refractivity contribution in [2.45, 2.75) is 39.7 Å². The van der Waals surface area contributed by atoms with Gasteiger partial charge >= 0.3 is 0 Å². The number of hydrogen-bond acceptors (Lipinski definition) is 4. The molecule has 1 aromatic heterocycles. The minimum absolute atomic E-state index is 0.238. The molecule has 1 saturated heterocycles. The topological polar surface area (TPSA) is 55.0 Å². The lowest BCUT2D eigenvalue weighted by Crippen LogP contribution is -2.29. The van der Waals surface area contributed by atoms with E-state index in [2.05, 4.69) is 41.7 Å². The van der Waals surface area contributed by atoms with Gasteiger partial charge < -0.3 is 10.6 Å². The summed E-state index contributed by atoms with van der Waals surface area (Å²) in [7, 11) is 0. The molecule has 2 rings (SSSR count). The zero-order chi connectivity index (χ0) is 12.6. The molecule has 0 aromatic carbocycles. The van der Waals surface area contributed by atoms with Crippen LogP contribution in [-0.2, 0) is 0 Å². The summed E-state index contributed by atoms with van der Waals surface area (Å²) in [5, 5.41) is 0. The molecule has 1 aliphatic heterocycles. The minimum atomic E-state index is 0.238. The van der Waals surface area contributed by atoms with Crippen molar-refractivity contribution in [1.82, 2.24) is 9.97 Å². The third kappa shape index (κ3) is 2.57. The standard InChI is InChI=1S/C13H22N4/c1-8(2)12-5-10(4)15-13(16-12)17-6-9(3)11(14)7-17/h5,8-9,11H,6-7,14H2,1-4H3. The van der Waals surface area contributed by atoms with E-state index in [0.29, 0.717) is 11.8 Å². The number of nitrogens with zero attached hydrogens (tertiary/aromatic N) is 3. The van der Waals surface area contributed by atoms with Crippen molar-refractivity contribution in [3.05, 3.63) is 17.5 Å². The van der Waals surface area contributed by atoms with Gasteiger partial charge in [-0.2, -0.15) is 0 Å². The molecule has 0 radical (unpaired) electrons. The van der Waals surface area contributed by atoms with Crippen molar-refractivity contribution >= 4 is 5.95 Å². The second-order valence-corrected chi connectivity index (χ2v) is 5.44. The third-order valence-electron chi connectivity index (χ3n) is 3.41. The smallest absolute Gasteiger partial charge is 0.225 e. The molecule has 2 N–H and O–H groups in total. The molecule has 4 heteroatoms. The largest absolute Gasteiger partial charge is 0.339 e. The van der Waals surface area contributed by atoms with Gasteiger partial charge in [0.1, 0.15) is 0 Å². The quantitative estimate of drug-likeness (QED) is 0.846. The average Bonchev–Trinajstić information content (AvgIpc) is 2.58. The van der Waals surface area contributed by atoms with E-state index in [-0.39, 0.29) is 6.04 Å². The van der Waals surface area contributed by atoms with Crippen LogP contribution in [-0.4, -0.2) is 29.1 Å². The molecule has 0 amide bonds. The predicted octanol–water partition coefficient (Wildman–Crippen LogP) is 1.69. The van der Waals surface area contributed by atoms with Crippen LogP contribution in [0.4, 0.5) is 5.95 Å². The zero-order valence-corrected chi connectivity index (χ0v) is 11.1. The first-order chi connectivity index (χ1) is 7.97. The van der Waals surface area contributed by atoms with Gasteiger partial charge in [-0.3, -0.25) is 0 Å². The van der Waals surface area contributed by atoms with Crippen molar-refractivity contribution in [2.24, 2.45) is 11.7 Å². The molecular formula is C13H22N4. The number of rotatable bonds is 2. The van der Waals surface area contributed by atoms with Crippen LogP contribution >= 0.6 is 0 Å². The number of anilines is 1. The van der Waals surface area contributed by atoms with E-state index in [1.54, 1.807) is 0 Å². The molecule has 0 bridgehead atoms. The summed E-state index contributed by atoms with van der Waals surface area (Å²) < 4.78 is 0. The Kier molecular flexibility index (Phi) is 3.33. The molecule has 2 unspecified atom stereocenters. The van der Waals surface area contributed by atoms with Crippen LogP contribution in [0.25, 0.3) is 0 Å². The lowest BCUT2D eigenvalue weighted by molar-refractivity contribution is 0.565. The van der Waals surface area contributed by atoms with E-state index in [1.165, 1.54) is 0 Å².